The highest BCUT2D eigenvalue weighted by molar-refractivity contribution is 6.22. The molecular formula is C19H19NO3. The summed E-state index contributed by atoms with van der Waals surface area (Å²) in [6.45, 7) is 2.53. The monoisotopic (exact) mass is 309 g/mol. The van der Waals surface area contributed by atoms with E-state index in [1.54, 1.807) is 0 Å². The number of allylic oxidation sites excluding steroid dienone is 2. The second-order valence-corrected chi connectivity index (χ2v) is 7.09. The molecule has 0 spiro atoms. The number of nitrogens with zero attached hydrogens (tertiary/aromatic N) is 1. The molecule has 6 rings (SSSR count). The molecule has 4 nitrogen and oxygen atoms in total. The Kier molecular flexibility index (Phi) is 2.59. The first-order chi connectivity index (χ1) is 11.2. The van der Waals surface area contributed by atoms with Gasteiger partial charge in [-0.3, -0.25) is 14.5 Å². The van der Waals surface area contributed by atoms with Crippen molar-refractivity contribution in [2.75, 3.05) is 11.5 Å². The second-order valence-electron chi connectivity index (χ2n) is 7.09. The van der Waals surface area contributed by atoms with Gasteiger partial charge in [0.2, 0.25) is 11.8 Å². The number of anilines is 1. The molecule has 6 atom stereocenters. The van der Waals surface area contributed by atoms with Crippen LogP contribution in [0.1, 0.15) is 13.3 Å². The smallest absolute Gasteiger partial charge is 0.238 e. The third-order valence-electron chi connectivity index (χ3n) is 6.07. The molecule has 0 radical (unpaired) electrons. The van der Waals surface area contributed by atoms with Crippen molar-refractivity contribution in [3.8, 4) is 5.75 Å². The zero-order valence-electron chi connectivity index (χ0n) is 13.0. The van der Waals surface area contributed by atoms with Crippen LogP contribution in [0.2, 0.25) is 0 Å². The van der Waals surface area contributed by atoms with E-state index in [2.05, 4.69) is 12.2 Å². The van der Waals surface area contributed by atoms with Crippen LogP contribution in [0.25, 0.3) is 0 Å². The molecule has 1 aliphatic heterocycles. The molecule has 2 saturated carbocycles. The van der Waals surface area contributed by atoms with Crippen molar-refractivity contribution in [3.05, 3.63) is 36.4 Å². The number of imide groups is 1. The standard InChI is InChI=1S/C19H19NO3/c1-2-23-11-5-3-10(4-6-11)20-18(21)16-12-7-8-13(15-9-14(12)15)17(16)19(20)22/h3-8,12-17H,2,9H2,1H3/t12-,13+,14-,15+,16-,17+. The average Bonchev–Trinajstić information content (AvgIpc) is 3.34. The molecule has 0 unspecified atom stereocenters. The first-order valence-corrected chi connectivity index (χ1v) is 8.49. The molecule has 1 heterocycles. The number of carbonyl (C=O) groups excluding carboxylic acids is 2. The van der Waals surface area contributed by atoms with E-state index in [-0.39, 0.29) is 35.5 Å². The molecule has 4 heteroatoms. The fourth-order valence-electron chi connectivity index (χ4n) is 5.07. The number of hydrogen-bond acceptors (Lipinski definition) is 3. The molecule has 118 valence electrons. The van der Waals surface area contributed by atoms with E-state index in [1.165, 1.54) is 11.3 Å². The summed E-state index contributed by atoms with van der Waals surface area (Å²) in [7, 11) is 0. The second kappa shape index (κ2) is 4.47. The highest BCUT2D eigenvalue weighted by Crippen LogP contribution is 2.65. The van der Waals surface area contributed by atoms with Gasteiger partial charge >= 0.3 is 0 Å². The van der Waals surface area contributed by atoms with Crippen LogP contribution in [0.15, 0.2) is 36.4 Å². The van der Waals surface area contributed by atoms with Gasteiger partial charge in [0.1, 0.15) is 5.75 Å². The Bertz CT molecular complexity index is 687. The van der Waals surface area contributed by atoms with Crippen LogP contribution in [0.3, 0.4) is 0 Å². The lowest BCUT2D eigenvalue weighted by Gasteiger charge is -2.37. The van der Waals surface area contributed by atoms with Crippen LogP contribution < -0.4 is 9.64 Å². The molecule has 23 heavy (non-hydrogen) atoms. The van der Waals surface area contributed by atoms with Gasteiger partial charge < -0.3 is 4.74 Å². The van der Waals surface area contributed by atoms with Crippen LogP contribution >= 0.6 is 0 Å². The minimum atomic E-state index is -0.132. The average molecular weight is 309 g/mol. The van der Waals surface area contributed by atoms with Crippen molar-refractivity contribution >= 4 is 17.5 Å². The zero-order chi connectivity index (χ0) is 15.7. The maximum absolute atomic E-state index is 13.0. The summed E-state index contributed by atoms with van der Waals surface area (Å²) < 4.78 is 5.44. The fraction of sp³-hybridized carbons (Fsp3) is 0.474. The Hall–Kier alpha value is -2.10. The SMILES string of the molecule is CCOc1ccc(N2C(=O)[C@@H]3[C@@H]4C=C[C@@H]([C@@H]5C[C@H]45)[C@@H]3C2=O)cc1. The van der Waals surface area contributed by atoms with Crippen LogP contribution in [-0.2, 0) is 9.59 Å². The first-order valence-electron chi connectivity index (χ1n) is 8.49. The molecule has 0 N–H and O–H groups in total. The van der Waals surface area contributed by atoms with Crippen molar-refractivity contribution < 1.29 is 14.3 Å². The molecule has 4 aliphatic carbocycles. The van der Waals surface area contributed by atoms with Crippen molar-refractivity contribution in [1.29, 1.82) is 0 Å². The van der Waals surface area contributed by atoms with Crippen LogP contribution in [0.5, 0.6) is 5.75 Å². The number of hydrogen-bond donors (Lipinski definition) is 0. The van der Waals surface area contributed by atoms with Gasteiger partial charge in [0.15, 0.2) is 0 Å². The van der Waals surface area contributed by atoms with E-state index >= 15 is 0 Å². The normalized spacial score (nSPS) is 39.4. The predicted molar refractivity (Wildman–Crippen MR) is 84.8 cm³/mol. The van der Waals surface area contributed by atoms with E-state index in [9.17, 15) is 9.59 Å². The van der Waals surface area contributed by atoms with Crippen LogP contribution in [0, 0.1) is 35.5 Å². The number of amides is 2. The molecule has 0 aromatic heterocycles. The fourth-order valence-corrected chi connectivity index (χ4v) is 5.07. The van der Waals surface area contributed by atoms with Gasteiger partial charge in [0.25, 0.3) is 0 Å². The first kappa shape index (κ1) is 13.3. The van der Waals surface area contributed by atoms with Gasteiger partial charge in [-0.1, -0.05) is 12.2 Å². The Balaban J connectivity index is 1.49. The van der Waals surface area contributed by atoms with Gasteiger partial charge in [-0.15, -0.1) is 0 Å². The predicted octanol–water partition coefficient (Wildman–Crippen LogP) is 2.64. The summed E-state index contributed by atoms with van der Waals surface area (Å²) >= 11 is 0. The molecule has 5 aliphatic rings. The summed E-state index contributed by atoms with van der Waals surface area (Å²) in [5.74, 6) is 2.32. The maximum atomic E-state index is 13.0. The van der Waals surface area contributed by atoms with E-state index in [0.29, 0.717) is 24.1 Å². The molecule has 1 aromatic rings. The summed E-state index contributed by atoms with van der Waals surface area (Å²) in [6.07, 6.45) is 5.60. The summed E-state index contributed by atoms with van der Waals surface area (Å²) in [5, 5.41) is 0. The van der Waals surface area contributed by atoms with Gasteiger partial charge in [-0.2, -0.15) is 0 Å². The van der Waals surface area contributed by atoms with Gasteiger partial charge in [-0.25, -0.2) is 0 Å². The molecule has 1 aromatic carbocycles. The Morgan fingerprint density at radius 2 is 1.57 bits per heavy atom. The van der Waals surface area contributed by atoms with E-state index < -0.39 is 0 Å². The van der Waals surface area contributed by atoms with E-state index in [4.69, 9.17) is 4.74 Å². The summed E-state index contributed by atoms with van der Waals surface area (Å²) in [4.78, 5) is 27.3. The quantitative estimate of drug-likeness (QED) is 0.637. The van der Waals surface area contributed by atoms with Gasteiger partial charge in [0, 0.05) is 0 Å². The zero-order valence-corrected chi connectivity index (χ0v) is 13.0. The number of rotatable bonds is 3. The highest BCUT2D eigenvalue weighted by atomic mass is 16.5. The number of carbonyl (C=O) groups is 2. The Morgan fingerprint density at radius 1 is 1.00 bits per heavy atom. The van der Waals surface area contributed by atoms with Crippen LogP contribution in [0.4, 0.5) is 5.69 Å². The summed E-state index contributed by atoms with van der Waals surface area (Å²) in [6, 6.07) is 7.28. The topological polar surface area (TPSA) is 46.6 Å². The lowest BCUT2D eigenvalue weighted by molar-refractivity contribution is -0.124. The lowest BCUT2D eigenvalue weighted by Crippen LogP contribution is -2.40. The minimum absolute atomic E-state index is 0.00569. The molecular weight excluding hydrogens is 290 g/mol. The third kappa shape index (κ3) is 1.66. The van der Waals surface area contributed by atoms with E-state index in [1.807, 2.05) is 31.2 Å². The summed E-state index contributed by atoms with van der Waals surface area (Å²) in [5.41, 5.74) is 0.672. The maximum Gasteiger partial charge on any atom is 0.238 e. The largest absolute Gasteiger partial charge is 0.494 e. The molecule has 2 amide bonds. The number of ether oxygens (including phenoxy) is 1. The number of benzene rings is 1. The van der Waals surface area contributed by atoms with Crippen molar-refractivity contribution in [2.45, 2.75) is 13.3 Å². The Morgan fingerprint density at radius 3 is 2.09 bits per heavy atom. The third-order valence-corrected chi connectivity index (χ3v) is 6.07. The molecule has 1 saturated heterocycles. The van der Waals surface area contributed by atoms with Crippen molar-refractivity contribution in [2.24, 2.45) is 35.5 Å². The van der Waals surface area contributed by atoms with E-state index in [0.717, 1.165) is 5.75 Å². The molecule has 3 fully saturated rings. The van der Waals surface area contributed by atoms with Crippen molar-refractivity contribution in [1.82, 2.24) is 0 Å². The lowest BCUT2D eigenvalue weighted by atomic mass is 9.63. The van der Waals surface area contributed by atoms with Crippen molar-refractivity contribution in [3.63, 3.8) is 0 Å². The van der Waals surface area contributed by atoms with Gasteiger partial charge in [0.05, 0.1) is 24.1 Å². The highest BCUT2D eigenvalue weighted by Gasteiger charge is 2.67. The van der Waals surface area contributed by atoms with Crippen LogP contribution in [-0.4, -0.2) is 18.4 Å². The minimum Gasteiger partial charge on any atom is -0.494 e. The molecule has 2 bridgehead atoms. The van der Waals surface area contributed by atoms with Gasteiger partial charge in [-0.05, 0) is 61.3 Å². The Labute approximate surface area is 135 Å².